The van der Waals surface area contributed by atoms with Gasteiger partial charge in [0, 0.05) is 25.7 Å². The van der Waals surface area contributed by atoms with Crippen LogP contribution in [0.2, 0.25) is 0 Å². The molecule has 132 valence electrons. The highest BCUT2D eigenvalue weighted by Gasteiger charge is 2.30. The van der Waals surface area contributed by atoms with Crippen molar-refractivity contribution >= 4 is 11.0 Å². The molecule has 8 heteroatoms. The van der Waals surface area contributed by atoms with Gasteiger partial charge in [0.1, 0.15) is 5.82 Å². The van der Waals surface area contributed by atoms with Crippen molar-refractivity contribution in [2.45, 2.75) is 32.5 Å². The van der Waals surface area contributed by atoms with Gasteiger partial charge in [-0.25, -0.2) is 4.98 Å². The Labute approximate surface area is 142 Å². The first-order valence-electron chi connectivity index (χ1n) is 8.23. The Bertz CT molecular complexity index is 987. The fraction of sp³-hybridized carbons (Fsp3) is 0.412. The van der Waals surface area contributed by atoms with E-state index in [0.29, 0.717) is 36.4 Å². The van der Waals surface area contributed by atoms with E-state index in [1.54, 1.807) is 36.0 Å². The number of fused-ring (bicyclic) bond motifs is 2. The van der Waals surface area contributed by atoms with Crippen LogP contribution in [-0.2, 0) is 20.0 Å². The minimum atomic E-state index is -2.65. The number of hydrogen-bond acceptors (Lipinski definition) is 3. The Kier molecular flexibility index (Phi) is 3.72. The Balaban J connectivity index is 1.73. The molecule has 0 radical (unpaired) electrons. The average molecular weight is 347 g/mol. The van der Waals surface area contributed by atoms with Crippen molar-refractivity contribution in [3.8, 4) is 0 Å². The molecule has 1 aliphatic rings. The Morgan fingerprint density at radius 1 is 1.28 bits per heavy atom. The second-order valence-electron chi connectivity index (χ2n) is 6.43. The molecule has 3 aromatic rings. The number of benzene rings is 1. The summed E-state index contributed by atoms with van der Waals surface area (Å²) in [6, 6.07) is 6.64. The SMILES string of the molecule is CC(c1nc2ccccc2n1C(F)F)N1CCc2c(n(C)[nH]c2=O)C1. The number of H-pyrrole nitrogens is 1. The number of nitrogens with zero attached hydrogens (tertiary/aromatic N) is 4. The third-order valence-electron chi connectivity index (χ3n) is 5.04. The van der Waals surface area contributed by atoms with Crippen molar-refractivity contribution in [3.05, 3.63) is 51.7 Å². The summed E-state index contributed by atoms with van der Waals surface area (Å²) in [7, 11) is 1.79. The van der Waals surface area contributed by atoms with Crippen LogP contribution in [0.4, 0.5) is 8.78 Å². The lowest BCUT2D eigenvalue weighted by molar-refractivity contribution is 0.0633. The smallest absolute Gasteiger partial charge is 0.291 e. The van der Waals surface area contributed by atoms with Crippen molar-refractivity contribution in [1.29, 1.82) is 0 Å². The van der Waals surface area contributed by atoms with Gasteiger partial charge in [0.15, 0.2) is 0 Å². The number of aromatic amines is 1. The molecule has 1 unspecified atom stereocenters. The molecule has 2 aromatic heterocycles. The molecule has 0 saturated heterocycles. The van der Waals surface area contributed by atoms with Crippen molar-refractivity contribution in [2.24, 2.45) is 7.05 Å². The van der Waals surface area contributed by atoms with E-state index in [4.69, 9.17) is 0 Å². The zero-order valence-electron chi connectivity index (χ0n) is 14.0. The summed E-state index contributed by atoms with van der Waals surface area (Å²) in [6.45, 7) is 0.392. The van der Waals surface area contributed by atoms with Gasteiger partial charge in [0.25, 0.3) is 5.56 Å². The third-order valence-corrected chi connectivity index (χ3v) is 5.04. The number of aryl methyl sites for hydroxylation is 1. The minimum absolute atomic E-state index is 0.0652. The fourth-order valence-corrected chi connectivity index (χ4v) is 3.66. The zero-order chi connectivity index (χ0) is 17.7. The van der Waals surface area contributed by atoms with Gasteiger partial charge in [-0.15, -0.1) is 0 Å². The molecule has 0 fully saturated rings. The van der Waals surface area contributed by atoms with E-state index in [0.717, 1.165) is 15.8 Å². The lowest BCUT2D eigenvalue weighted by Crippen LogP contribution is -2.35. The van der Waals surface area contributed by atoms with Crippen LogP contribution >= 0.6 is 0 Å². The van der Waals surface area contributed by atoms with Gasteiger partial charge in [-0.1, -0.05) is 12.1 Å². The Morgan fingerprint density at radius 2 is 2.04 bits per heavy atom. The van der Waals surface area contributed by atoms with Gasteiger partial charge in [0.05, 0.1) is 22.8 Å². The molecule has 0 bridgehead atoms. The first-order valence-corrected chi connectivity index (χ1v) is 8.23. The van der Waals surface area contributed by atoms with E-state index in [1.807, 2.05) is 6.92 Å². The molecule has 6 nitrogen and oxygen atoms in total. The largest absolute Gasteiger partial charge is 0.320 e. The molecule has 4 rings (SSSR count). The van der Waals surface area contributed by atoms with Crippen molar-refractivity contribution in [1.82, 2.24) is 24.2 Å². The van der Waals surface area contributed by atoms with Gasteiger partial charge in [-0.2, -0.15) is 8.78 Å². The van der Waals surface area contributed by atoms with E-state index in [9.17, 15) is 13.6 Å². The van der Waals surface area contributed by atoms with Gasteiger partial charge >= 0.3 is 6.55 Å². The summed E-state index contributed by atoms with van der Waals surface area (Å²) in [4.78, 5) is 18.4. The van der Waals surface area contributed by atoms with Crippen molar-refractivity contribution in [2.75, 3.05) is 6.54 Å². The van der Waals surface area contributed by atoms with Crippen LogP contribution < -0.4 is 5.56 Å². The normalized spacial score (nSPS) is 16.5. The highest BCUT2D eigenvalue weighted by molar-refractivity contribution is 5.76. The number of alkyl halides is 2. The molecular formula is C17H19F2N5O. The summed E-state index contributed by atoms with van der Waals surface area (Å²) in [5, 5.41) is 2.76. The maximum absolute atomic E-state index is 13.7. The molecule has 1 atom stereocenters. The molecule has 1 N–H and O–H groups in total. The second-order valence-corrected chi connectivity index (χ2v) is 6.43. The van der Waals surface area contributed by atoms with Crippen LogP contribution in [0.3, 0.4) is 0 Å². The topological polar surface area (TPSA) is 58.9 Å². The molecule has 0 saturated carbocycles. The highest BCUT2D eigenvalue weighted by Crippen LogP contribution is 2.31. The Hall–Kier alpha value is -2.48. The summed E-state index contributed by atoms with van der Waals surface area (Å²) in [6.07, 6.45) is 0.602. The lowest BCUT2D eigenvalue weighted by atomic mass is 10.1. The van der Waals surface area contributed by atoms with Crippen LogP contribution in [0.1, 0.15) is 36.6 Å². The third kappa shape index (κ3) is 2.48. The highest BCUT2D eigenvalue weighted by atomic mass is 19.3. The summed E-state index contributed by atoms with van der Waals surface area (Å²) < 4.78 is 30.1. The number of hydrogen-bond donors (Lipinski definition) is 1. The fourth-order valence-electron chi connectivity index (χ4n) is 3.66. The van der Waals surface area contributed by atoms with Gasteiger partial charge < -0.3 is 0 Å². The molecule has 0 spiro atoms. The summed E-state index contributed by atoms with van der Waals surface area (Å²) >= 11 is 0. The van der Waals surface area contributed by atoms with Gasteiger partial charge in [0.2, 0.25) is 0 Å². The van der Waals surface area contributed by atoms with Crippen molar-refractivity contribution < 1.29 is 8.78 Å². The maximum atomic E-state index is 13.7. The van der Waals surface area contributed by atoms with Crippen LogP contribution in [0.5, 0.6) is 0 Å². The first-order chi connectivity index (χ1) is 12.0. The molecule has 1 aromatic carbocycles. The molecule has 0 amide bonds. The van der Waals surface area contributed by atoms with E-state index in [2.05, 4.69) is 15.0 Å². The second kappa shape index (κ2) is 5.80. The number of halogens is 2. The van der Waals surface area contributed by atoms with Crippen LogP contribution in [0.25, 0.3) is 11.0 Å². The van der Waals surface area contributed by atoms with E-state index < -0.39 is 6.55 Å². The van der Waals surface area contributed by atoms with Crippen LogP contribution in [0.15, 0.2) is 29.1 Å². The standard InChI is InChI=1S/C17H19F2N5O/c1-10(23-8-7-11-14(9-23)22(2)21-16(11)25)15-20-12-5-3-4-6-13(12)24(15)17(18)19/h3-6,10,17H,7-9H2,1-2H3,(H,21,25). The van der Waals surface area contributed by atoms with E-state index in [1.165, 1.54) is 0 Å². The van der Waals surface area contributed by atoms with Gasteiger partial charge in [-0.05, 0) is 25.5 Å². The molecule has 3 heterocycles. The first kappa shape index (κ1) is 16.0. The molecular weight excluding hydrogens is 328 g/mol. The van der Waals surface area contributed by atoms with E-state index in [-0.39, 0.29) is 11.6 Å². The predicted octanol–water partition coefficient (Wildman–Crippen LogP) is 2.58. The number of nitrogens with one attached hydrogen (secondary N) is 1. The average Bonchev–Trinajstić information content (AvgIpc) is 3.12. The minimum Gasteiger partial charge on any atom is -0.291 e. The molecule has 0 aliphatic carbocycles. The lowest BCUT2D eigenvalue weighted by Gasteiger charge is -2.32. The van der Waals surface area contributed by atoms with E-state index >= 15 is 0 Å². The van der Waals surface area contributed by atoms with Crippen molar-refractivity contribution in [3.63, 3.8) is 0 Å². The number of para-hydroxylation sites is 2. The Morgan fingerprint density at radius 3 is 2.80 bits per heavy atom. The van der Waals surface area contributed by atoms with Gasteiger partial charge in [-0.3, -0.25) is 24.0 Å². The molecule has 25 heavy (non-hydrogen) atoms. The maximum Gasteiger partial charge on any atom is 0.320 e. The monoisotopic (exact) mass is 347 g/mol. The predicted molar refractivity (Wildman–Crippen MR) is 89.5 cm³/mol. The summed E-state index contributed by atoms with van der Waals surface area (Å²) in [5.74, 6) is 0.347. The molecule has 1 aliphatic heterocycles. The quantitative estimate of drug-likeness (QED) is 0.792. The zero-order valence-corrected chi connectivity index (χ0v) is 14.0. The van der Waals surface area contributed by atoms with Crippen LogP contribution in [0, 0.1) is 0 Å². The summed E-state index contributed by atoms with van der Waals surface area (Å²) in [5.41, 5.74) is 2.63. The number of imidazole rings is 1. The number of aromatic nitrogens is 4. The van der Waals surface area contributed by atoms with Crippen LogP contribution in [-0.4, -0.2) is 30.8 Å². The number of rotatable bonds is 3.